The van der Waals surface area contributed by atoms with Crippen molar-refractivity contribution in [1.29, 1.82) is 0 Å². The molecule has 4 heterocycles. The molecule has 2 aromatic carbocycles. The second kappa shape index (κ2) is 14.9. The van der Waals surface area contributed by atoms with Crippen LogP contribution < -0.4 is 10.6 Å². The van der Waals surface area contributed by atoms with Crippen LogP contribution in [0.3, 0.4) is 0 Å². The second-order valence-electron chi connectivity index (χ2n) is 13.3. The van der Waals surface area contributed by atoms with Crippen molar-refractivity contribution in [1.82, 2.24) is 24.7 Å². The number of carbonyl (C=O) groups excluding carboxylic acids is 2. The molecule has 2 unspecified atom stereocenters. The summed E-state index contributed by atoms with van der Waals surface area (Å²) in [5.41, 5.74) is 3.05. The Morgan fingerprint density at radius 3 is 2.17 bits per heavy atom. The monoisotopic (exact) mass is 673 g/mol. The number of amides is 3. The number of morpholine rings is 2. The number of benzene rings is 2. The van der Waals surface area contributed by atoms with Crippen molar-refractivity contribution >= 4 is 40.0 Å². The van der Waals surface area contributed by atoms with Gasteiger partial charge in [0, 0.05) is 85.9 Å². The number of urea groups is 1. The molecule has 2 aromatic rings. The number of nitrogens with one attached hydrogen (secondary N) is 2. The maximum absolute atomic E-state index is 13.2. The molecule has 12 heteroatoms. The van der Waals surface area contributed by atoms with E-state index in [1.165, 1.54) is 24.3 Å². The molecule has 2 N–H and O–H groups in total. The van der Waals surface area contributed by atoms with Gasteiger partial charge in [-0.05, 0) is 68.7 Å². The van der Waals surface area contributed by atoms with E-state index in [-0.39, 0.29) is 18.0 Å². The highest BCUT2D eigenvalue weighted by Crippen LogP contribution is 2.40. The largest absolute Gasteiger partial charge is 0.378 e. The fourth-order valence-electron chi connectivity index (χ4n) is 6.98. The highest BCUT2D eigenvalue weighted by molar-refractivity contribution is 8.11. The molecule has 4 fully saturated rings. The number of ether oxygens (including phenoxy) is 2. The van der Waals surface area contributed by atoms with E-state index in [1.807, 2.05) is 29.2 Å². The van der Waals surface area contributed by atoms with Gasteiger partial charge in [0.25, 0.3) is 5.91 Å². The third kappa shape index (κ3) is 7.68. The highest BCUT2D eigenvalue weighted by atomic mass is 32.2. The average molecular weight is 674 g/mol. The first kappa shape index (κ1) is 33.0. The SMILES string of the molecule is CC1CN(N2C=C(c3ccc(NC(=O)Nc4ccc(C(=O)N5CCN(C6CCC6)C(C)C5)cc4)cc3)SC(N3CCOCC3)=C2)CCO1. The third-order valence-electron chi connectivity index (χ3n) is 9.90. The zero-order valence-corrected chi connectivity index (χ0v) is 28.8. The van der Waals surface area contributed by atoms with Gasteiger partial charge in [0.1, 0.15) is 0 Å². The first-order chi connectivity index (χ1) is 23.4. The Hall–Kier alpha value is -3.55. The number of thioether (sulfide) groups is 1. The van der Waals surface area contributed by atoms with Crippen LogP contribution in [0.5, 0.6) is 0 Å². The minimum Gasteiger partial charge on any atom is -0.378 e. The van der Waals surface area contributed by atoms with Crippen LogP contribution in [0.4, 0.5) is 16.2 Å². The van der Waals surface area contributed by atoms with Crippen LogP contribution in [0, 0.1) is 0 Å². The smallest absolute Gasteiger partial charge is 0.323 e. The molecule has 1 aliphatic carbocycles. The van der Waals surface area contributed by atoms with E-state index in [9.17, 15) is 9.59 Å². The van der Waals surface area contributed by atoms with Gasteiger partial charge >= 0.3 is 6.03 Å². The Morgan fingerprint density at radius 1 is 0.812 bits per heavy atom. The molecule has 0 radical (unpaired) electrons. The van der Waals surface area contributed by atoms with E-state index in [4.69, 9.17) is 9.47 Å². The molecule has 0 bridgehead atoms. The third-order valence-corrected chi connectivity index (χ3v) is 11.0. The summed E-state index contributed by atoms with van der Waals surface area (Å²) >= 11 is 1.76. The van der Waals surface area contributed by atoms with Crippen LogP contribution in [0.25, 0.3) is 4.91 Å². The van der Waals surface area contributed by atoms with Gasteiger partial charge in [0.2, 0.25) is 0 Å². The molecule has 3 saturated heterocycles. The summed E-state index contributed by atoms with van der Waals surface area (Å²) in [5.74, 6) is 0.0487. The van der Waals surface area contributed by atoms with E-state index in [0.29, 0.717) is 35.6 Å². The molecule has 256 valence electrons. The van der Waals surface area contributed by atoms with Crippen LogP contribution in [0.15, 0.2) is 66.0 Å². The standard InChI is InChI=1S/C36H47N7O4S/c1-26-22-40(14-15-43(26)32-4-3-5-32)35(44)29-8-12-31(13-9-29)38-36(45)37-30-10-6-28(7-11-30)33-24-42(41-18-21-47-27(2)23-41)25-34(48-33)39-16-19-46-20-17-39/h6-13,24-27,32H,3-5,14-23H2,1-2H3,(H2,37,38,45). The Morgan fingerprint density at radius 2 is 1.52 bits per heavy atom. The van der Waals surface area contributed by atoms with Crippen LogP contribution in [0.2, 0.25) is 0 Å². The zero-order chi connectivity index (χ0) is 33.0. The van der Waals surface area contributed by atoms with Crippen LogP contribution >= 0.6 is 11.8 Å². The minimum absolute atomic E-state index is 0.0487. The quantitative estimate of drug-likeness (QED) is 0.415. The van der Waals surface area contributed by atoms with Crippen molar-refractivity contribution in [2.24, 2.45) is 0 Å². The Kier molecular flexibility index (Phi) is 10.2. The minimum atomic E-state index is -0.334. The molecule has 1 saturated carbocycles. The summed E-state index contributed by atoms with van der Waals surface area (Å²) in [4.78, 5) is 34.2. The molecule has 2 atom stereocenters. The summed E-state index contributed by atoms with van der Waals surface area (Å²) < 4.78 is 11.4. The maximum atomic E-state index is 13.2. The number of hydrogen-bond donors (Lipinski definition) is 2. The molecule has 11 nitrogen and oxygen atoms in total. The number of carbonyl (C=O) groups is 2. The predicted molar refractivity (Wildman–Crippen MR) is 190 cm³/mol. The van der Waals surface area contributed by atoms with Crippen molar-refractivity contribution in [3.05, 3.63) is 77.1 Å². The van der Waals surface area contributed by atoms with E-state index >= 15 is 0 Å². The molecule has 3 amide bonds. The molecule has 7 rings (SSSR count). The van der Waals surface area contributed by atoms with E-state index < -0.39 is 0 Å². The van der Waals surface area contributed by atoms with E-state index in [0.717, 1.165) is 69.5 Å². The lowest BCUT2D eigenvalue weighted by Crippen LogP contribution is -2.58. The molecule has 0 spiro atoms. The second-order valence-corrected chi connectivity index (χ2v) is 14.4. The van der Waals surface area contributed by atoms with Crippen LogP contribution in [0.1, 0.15) is 49.0 Å². The zero-order valence-electron chi connectivity index (χ0n) is 28.0. The fourth-order valence-corrected chi connectivity index (χ4v) is 8.09. The Labute approximate surface area is 287 Å². The van der Waals surface area contributed by atoms with Crippen LogP contribution in [-0.4, -0.2) is 120 Å². The van der Waals surface area contributed by atoms with Gasteiger partial charge in [0.15, 0.2) is 0 Å². The van der Waals surface area contributed by atoms with Gasteiger partial charge in [0.05, 0.1) is 37.2 Å². The number of hydrogen-bond acceptors (Lipinski definition) is 9. The average Bonchev–Trinajstić information content (AvgIpc) is 3.09. The first-order valence-corrected chi connectivity index (χ1v) is 18.1. The predicted octanol–water partition coefficient (Wildman–Crippen LogP) is 5.14. The normalized spacial score (nSPS) is 24.4. The highest BCUT2D eigenvalue weighted by Gasteiger charge is 2.34. The lowest BCUT2D eigenvalue weighted by atomic mass is 9.89. The van der Waals surface area contributed by atoms with Crippen molar-refractivity contribution in [2.45, 2.75) is 51.3 Å². The Bertz CT molecular complexity index is 1510. The summed E-state index contributed by atoms with van der Waals surface area (Å²) in [6.07, 6.45) is 8.47. The van der Waals surface area contributed by atoms with Crippen molar-refractivity contribution in [3.63, 3.8) is 0 Å². The van der Waals surface area contributed by atoms with Crippen molar-refractivity contribution in [2.75, 3.05) is 76.3 Å². The number of nitrogens with zero attached hydrogens (tertiary/aromatic N) is 5. The number of piperazine rings is 1. The van der Waals surface area contributed by atoms with Gasteiger partial charge < -0.3 is 29.9 Å². The number of rotatable bonds is 7. The number of anilines is 2. The molecule has 4 aliphatic heterocycles. The fraction of sp³-hybridized carbons (Fsp3) is 0.500. The van der Waals surface area contributed by atoms with Gasteiger partial charge in [-0.1, -0.05) is 30.3 Å². The van der Waals surface area contributed by atoms with E-state index in [1.54, 1.807) is 36.0 Å². The van der Waals surface area contributed by atoms with E-state index in [2.05, 4.69) is 56.7 Å². The van der Waals surface area contributed by atoms with Gasteiger partial charge in [-0.15, -0.1) is 0 Å². The maximum Gasteiger partial charge on any atom is 0.323 e. The molecule has 0 aromatic heterocycles. The van der Waals surface area contributed by atoms with Gasteiger partial charge in [-0.2, -0.15) is 0 Å². The first-order valence-electron chi connectivity index (χ1n) is 17.3. The summed E-state index contributed by atoms with van der Waals surface area (Å²) in [5, 5.41) is 11.6. The topological polar surface area (TPSA) is 92.9 Å². The van der Waals surface area contributed by atoms with Gasteiger partial charge in [-0.25, -0.2) is 9.80 Å². The molecular formula is C36H47N7O4S. The Balaban J connectivity index is 0.945. The van der Waals surface area contributed by atoms with Gasteiger partial charge in [-0.3, -0.25) is 14.7 Å². The summed E-state index contributed by atoms with van der Waals surface area (Å²) in [6, 6.07) is 15.9. The van der Waals surface area contributed by atoms with Crippen molar-refractivity contribution < 1.29 is 19.1 Å². The molecule has 5 aliphatic rings. The van der Waals surface area contributed by atoms with Crippen molar-refractivity contribution in [3.8, 4) is 0 Å². The number of hydrazine groups is 1. The lowest BCUT2D eigenvalue weighted by Gasteiger charge is -2.47. The summed E-state index contributed by atoms with van der Waals surface area (Å²) in [7, 11) is 0. The molecular weight excluding hydrogens is 627 g/mol. The summed E-state index contributed by atoms with van der Waals surface area (Å²) in [6.45, 7) is 12.3. The molecule has 48 heavy (non-hydrogen) atoms. The lowest BCUT2D eigenvalue weighted by molar-refractivity contribution is -0.0784. The van der Waals surface area contributed by atoms with Crippen LogP contribution in [-0.2, 0) is 9.47 Å².